The second-order valence-electron chi connectivity index (χ2n) is 5.02. The number of nitrogens with one attached hydrogen (secondary N) is 2. The highest BCUT2D eigenvalue weighted by atomic mass is 79.9. The fraction of sp³-hybridized carbons (Fsp3) is 0.188. The highest BCUT2D eigenvalue weighted by molar-refractivity contribution is 9.10. The Hall–Kier alpha value is -1.85. The first-order chi connectivity index (χ1) is 10.1. The van der Waals surface area contributed by atoms with Gasteiger partial charge in [-0.1, -0.05) is 34.1 Å². The molecule has 1 heterocycles. The number of aromatic amines is 1. The standard InChI is InChI=1S/C16H15BrN2O2/c1-9-3-5-11(12(17)7-9)15(18-2)10-4-6-13-14(8-10)21-16(20)19-13/h3-8,15,18H,1-2H3,(H,19,20). The summed E-state index contributed by atoms with van der Waals surface area (Å²) in [4.78, 5) is 13.9. The van der Waals surface area contributed by atoms with E-state index in [2.05, 4.69) is 51.4 Å². The summed E-state index contributed by atoms with van der Waals surface area (Å²) in [5, 5.41) is 3.31. The zero-order valence-electron chi connectivity index (χ0n) is 11.7. The van der Waals surface area contributed by atoms with Gasteiger partial charge in [-0.15, -0.1) is 0 Å². The molecule has 2 aromatic carbocycles. The van der Waals surface area contributed by atoms with Crippen molar-refractivity contribution in [2.75, 3.05) is 7.05 Å². The van der Waals surface area contributed by atoms with Crippen molar-refractivity contribution in [2.24, 2.45) is 0 Å². The number of H-pyrrole nitrogens is 1. The van der Waals surface area contributed by atoms with Gasteiger partial charge in [-0.2, -0.15) is 0 Å². The molecule has 1 unspecified atom stereocenters. The summed E-state index contributed by atoms with van der Waals surface area (Å²) in [6.07, 6.45) is 0. The minimum absolute atomic E-state index is 0.0181. The minimum Gasteiger partial charge on any atom is -0.408 e. The summed E-state index contributed by atoms with van der Waals surface area (Å²) in [6, 6.07) is 12.0. The molecule has 0 aliphatic carbocycles. The number of halogens is 1. The van der Waals surface area contributed by atoms with Crippen LogP contribution in [0.1, 0.15) is 22.7 Å². The molecule has 1 aromatic heterocycles. The second-order valence-corrected chi connectivity index (χ2v) is 5.87. The van der Waals surface area contributed by atoms with Crippen LogP contribution < -0.4 is 11.1 Å². The molecule has 3 aromatic rings. The summed E-state index contributed by atoms with van der Waals surface area (Å²) >= 11 is 3.62. The fourth-order valence-corrected chi connectivity index (χ4v) is 3.23. The predicted molar refractivity (Wildman–Crippen MR) is 86.6 cm³/mol. The Bertz CT molecular complexity index is 851. The molecular formula is C16H15BrN2O2. The Morgan fingerprint density at radius 2 is 2.05 bits per heavy atom. The van der Waals surface area contributed by atoms with E-state index < -0.39 is 5.76 Å². The quantitative estimate of drug-likeness (QED) is 0.762. The van der Waals surface area contributed by atoms with E-state index in [1.54, 1.807) is 0 Å². The van der Waals surface area contributed by atoms with Gasteiger partial charge in [-0.25, -0.2) is 4.79 Å². The first-order valence-corrected chi connectivity index (χ1v) is 7.44. The van der Waals surface area contributed by atoms with Crippen LogP contribution in [0, 0.1) is 6.92 Å². The Morgan fingerprint density at radius 3 is 2.76 bits per heavy atom. The molecule has 0 spiro atoms. The molecular weight excluding hydrogens is 332 g/mol. The Balaban J connectivity index is 2.10. The number of rotatable bonds is 3. The van der Waals surface area contributed by atoms with E-state index in [-0.39, 0.29) is 6.04 Å². The van der Waals surface area contributed by atoms with E-state index in [0.717, 1.165) is 15.6 Å². The number of aromatic nitrogens is 1. The van der Waals surface area contributed by atoms with Gasteiger partial charge in [0.2, 0.25) is 0 Å². The lowest BCUT2D eigenvalue weighted by atomic mass is 9.98. The van der Waals surface area contributed by atoms with Crippen LogP contribution in [0.4, 0.5) is 0 Å². The maximum absolute atomic E-state index is 11.3. The molecule has 2 N–H and O–H groups in total. The predicted octanol–water partition coefficient (Wildman–Crippen LogP) is 3.50. The lowest BCUT2D eigenvalue weighted by molar-refractivity contribution is 0.554. The Morgan fingerprint density at radius 1 is 1.24 bits per heavy atom. The maximum atomic E-state index is 11.3. The minimum atomic E-state index is -0.431. The molecule has 4 nitrogen and oxygen atoms in total. The second kappa shape index (κ2) is 5.50. The fourth-order valence-electron chi connectivity index (χ4n) is 2.51. The SMILES string of the molecule is CNC(c1ccc2[nH]c(=O)oc2c1)c1ccc(C)cc1Br. The van der Waals surface area contributed by atoms with Crippen molar-refractivity contribution in [3.8, 4) is 0 Å². The highest BCUT2D eigenvalue weighted by Gasteiger charge is 2.16. The van der Waals surface area contributed by atoms with Crippen LogP contribution in [-0.4, -0.2) is 12.0 Å². The average molecular weight is 347 g/mol. The van der Waals surface area contributed by atoms with Crippen molar-refractivity contribution in [1.29, 1.82) is 0 Å². The summed E-state index contributed by atoms with van der Waals surface area (Å²) in [7, 11) is 1.91. The molecule has 5 heteroatoms. The molecule has 0 saturated carbocycles. The molecule has 0 bridgehead atoms. The zero-order valence-corrected chi connectivity index (χ0v) is 13.3. The number of hydrogen-bond donors (Lipinski definition) is 2. The van der Waals surface area contributed by atoms with E-state index >= 15 is 0 Å². The molecule has 0 aliphatic rings. The molecule has 1 atom stereocenters. The summed E-state index contributed by atoms with van der Waals surface area (Å²) in [5.74, 6) is -0.431. The van der Waals surface area contributed by atoms with Crippen LogP contribution in [0.15, 0.2) is 50.1 Å². The number of aryl methyl sites for hydroxylation is 1. The van der Waals surface area contributed by atoms with Crippen molar-refractivity contribution in [1.82, 2.24) is 10.3 Å². The molecule has 0 saturated heterocycles. The highest BCUT2D eigenvalue weighted by Crippen LogP contribution is 2.30. The molecule has 0 aliphatic heterocycles. The monoisotopic (exact) mass is 346 g/mol. The van der Waals surface area contributed by atoms with E-state index in [1.807, 2.05) is 25.2 Å². The lowest BCUT2D eigenvalue weighted by Crippen LogP contribution is -2.18. The zero-order chi connectivity index (χ0) is 15.0. The third-order valence-corrected chi connectivity index (χ3v) is 4.22. The van der Waals surface area contributed by atoms with Crippen molar-refractivity contribution in [3.05, 3.63) is 68.1 Å². The van der Waals surface area contributed by atoms with Gasteiger partial charge < -0.3 is 9.73 Å². The van der Waals surface area contributed by atoms with Crippen molar-refractivity contribution < 1.29 is 4.42 Å². The third kappa shape index (κ3) is 2.66. The van der Waals surface area contributed by atoms with Gasteiger partial charge >= 0.3 is 5.76 Å². The van der Waals surface area contributed by atoms with Gasteiger partial charge in [0.05, 0.1) is 11.6 Å². The maximum Gasteiger partial charge on any atom is 0.417 e. The molecule has 0 fully saturated rings. The van der Waals surface area contributed by atoms with E-state index in [1.165, 1.54) is 5.56 Å². The van der Waals surface area contributed by atoms with Gasteiger partial charge in [-0.3, -0.25) is 4.98 Å². The van der Waals surface area contributed by atoms with Crippen molar-refractivity contribution in [2.45, 2.75) is 13.0 Å². The number of oxazole rings is 1. The average Bonchev–Trinajstić information content (AvgIpc) is 2.81. The lowest BCUT2D eigenvalue weighted by Gasteiger charge is -2.19. The van der Waals surface area contributed by atoms with Gasteiger partial charge in [0, 0.05) is 4.47 Å². The van der Waals surface area contributed by atoms with Crippen LogP contribution in [0.2, 0.25) is 0 Å². The van der Waals surface area contributed by atoms with Gasteiger partial charge in [0.15, 0.2) is 5.58 Å². The topological polar surface area (TPSA) is 58.0 Å². The largest absolute Gasteiger partial charge is 0.417 e. The number of benzene rings is 2. The molecule has 108 valence electrons. The summed E-state index contributed by atoms with van der Waals surface area (Å²) < 4.78 is 6.19. The van der Waals surface area contributed by atoms with Crippen LogP contribution in [0.3, 0.4) is 0 Å². The molecule has 0 radical (unpaired) electrons. The smallest absolute Gasteiger partial charge is 0.408 e. The van der Waals surface area contributed by atoms with Crippen LogP contribution in [0.5, 0.6) is 0 Å². The van der Waals surface area contributed by atoms with E-state index in [0.29, 0.717) is 11.1 Å². The molecule has 0 amide bonds. The first-order valence-electron chi connectivity index (χ1n) is 6.64. The normalized spacial score (nSPS) is 12.7. The summed E-state index contributed by atoms with van der Waals surface area (Å²) in [6.45, 7) is 2.06. The van der Waals surface area contributed by atoms with E-state index in [9.17, 15) is 4.79 Å². The van der Waals surface area contributed by atoms with Crippen LogP contribution in [0.25, 0.3) is 11.1 Å². The van der Waals surface area contributed by atoms with Gasteiger partial charge in [0.25, 0.3) is 0 Å². The van der Waals surface area contributed by atoms with Gasteiger partial charge in [0.1, 0.15) is 0 Å². The third-order valence-electron chi connectivity index (χ3n) is 3.53. The summed E-state index contributed by atoms with van der Waals surface area (Å²) in [5.41, 5.74) is 4.66. The van der Waals surface area contributed by atoms with Crippen LogP contribution >= 0.6 is 15.9 Å². The Labute approximate surface area is 130 Å². The Kier molecular flexibility index (Phi) is 3.69. The number of hydrogen-bond acceptors (Lipinski definition) is 3. The molecule has 21 heavy (non-hydrogen) atoms. The molecule has 3 rings (SSSR count). The van der Waals surface area contributed by atoms with Gasteiger partial charge in [-0.05, 0) is 48.9 Å². The van der Waals surface area contributed by atoms with Crippen molar-refractivity contribution in [3.63, 3.8) is 0 Å². The number of fused-ring (bicyclic) bond motifs is 1. The van der Waals surface area contributed by atoms with E-state index in [4.69, 9.17) is 4.42 Å². The van der Waals surface area contributed by atoms with Crippen LogP contribution in [-0.2, 0) is 0 Å². The van der Waals surface area contributed by atoms with Crippen molar-refractivity contribution >= 4 is 27.0 Å². The first kappa shape index (κ1) is 14.1.